The van der Waals surface area contributed by atoms with Crippen LogP contribution in [-0.4, -0.2) is 14.9 Å². The van der Waals surface area contributed by atoms with E-state index in [-0.39, 0.29) is 11.7 Å². The molecule has 0 aliphatic heterocycles. The highest BCUT2D eigenvalue weighted by molar-refractivity contribution is 7.09. The zero-order valence-corrected chi connectivity index (χ0v) is 9.85. The summed E-state index contributed by atoms with van der Waals surface area (Å²) in [6.07, 6.45) is 2.97. The highest BCUT2D eigenvalue weighted by Crippen LogP contribution is 2.20. The standard InChI is InChI=1S/C10H10N4O2S/c1-7(10-11-4-5-17-10)13-9-3-2-8(6-12-9)14(15)16/h2-7H,1H3,(H,12,13). The van der Waals surface area contributed by atoms with Crippen molar-refractivity contribution in [1.82, 2.24) is 9.97 Å². The molecule has 1 unspecified atom stereocenters. The molecular weight excluding hydrogens is 240 g/mol. The summed E-state index contributed by atoms with van der Waals surface area (Å²) in [6.45, 7) is 1.96. The van der Waals surface area contributed by atoms with E-state index in [0.717, 1.165) is 5.01 Å². The normalized spacial score (nSPS) is 12.1. The number of anilines is 1. The molecule has 0 bridgehead atoms. The minimum absolute atomic E-state index is 0.0162. The van der Waals surface area contributed by atoms with E-state index in [1.807, 2.05) is 12.3 Å². The van der Waals surface area contributed by atoms with Crippen LogP contribution in [0.1, 0.15) is 18.0 Å². The van der Waals surface area contributed by atoms with Gasteiger partial charge in [0.1, 0.15) is 17.0 Å². The Bertz CT molecular complexity index is 498. The average Bonchev–Trinajstić information content (AvgIpc) is 2.83. The maximum absolute atomic E-state index is 10.5. The minimum atomic E-state index is -0.471. The second kappa shape index (κ2) is 4.88. The number of hydrogen-bond acceptors (Lipinski definition) is 6. The topological polar surface area (TPSA) is 81.0 Å². The summed E-state index contributed by atoms with van der Waals surface area (Å²) >= 11 is 1.55. The van der Waals surface area contributed by atoms with Crippen LogP contribution in [0.5, 0.6) is 0 Å². The van der Waals surface area contributed by atoms with Crippen molar-refractivity contribution in [3.63, 3.8) is 0 Å². The first-order chi connectivity index (χ1) is 8.16. The van der Waals surface area contributed by atoms with Gasteiger partial charge in [0.15, 0.2) is 0 Å². The van der Waals surface area contributed by atoms with Crippen molar-refractivity contribution in [3.8, 4) is 0 Å². The fourth-order valence-corrected chi connectivity index (χ4v) is 1.96. The molecule has 0 aliphatic rings. The number of aromatic nitrogens is 2. The molecule has 0 amide bonds. The molecule has 0 saturated heterocycles. The molecule has 88 valence electrons. The molecule has 0 aromatic carbocycles. The van der Waals surface area contributed by atoms with Gasteiger partial charge >= 0.3 is 0 Å². The molecule has 2 heterocycles. The van der Waals surface area contributed by atoms with E-state index in [9.17, 15) is 10.1 Å². The van der Waals surface area contributed by atoms with Crippen LogP contribution in [-0.2, 0) is 0 Å². The molecule has 17 heavy (non-hydrogen) atoms. The number of thiazole rings is 1. The largest absolute Gasteiger partial charge is 0.361 e. The van der Waals surface area contributed by atoms with Gasteiger partial charge in [-0.3, -0.25) is 10.1 Å². The lowest BCUT2D eigenvalue weighted by Crippen LogP contribution is -2.07. The summed E-state index contributed by atoms with van der Waals surface area (Å²) in [6, 6.07) is 3.04. The lowest BCUT2D eigenvalue weighted by molar-refractivity contribution is -0.385. The Hall–Kier alpha value is -2.02. The predicted molar refractivity (Wildman–Crippen MR) is 65.0 cm³/mol. The zero-order chi connectivity index (χ0) is 12.3. The Morgan fingerprint density at radius 3 is 2.82 bits per heavy atom. The summed E-state index contributed by atoms with van der Waals surface area (Å²) in [5.74, 6) is 0.596. The molecule has 0 radical (unpaired) electrons. The van der Waals surface area contributed by atoms with Gasteiger partial charge in [0.05, 0.1) is 11.0 Å². The third kappa shape index (κ3) is 2.76. The third-order valence-electron chi connectivity index (χ3n) is 2.14. The number of nitrogens with one attached hydrogen (secondary N) is 1. The van der Waals surface area contributed by atoms with E-state index >= 15 is 0 Å². The fraction of sp³-hybridized carbons (Fsp3) is 0.200. The molecule has 7 heteroatoms. The van der Waals surface area contributed by atoms with E-state index in [1.54, 1.807) is 23.6 Å². The molecule has 0 aliphatic carbocycles. The number of rotatable bonds is 4. The molecule has 0 saturated carbocycles. The smallest absolute Gasteiger partial charge is 0.287 e. The highest BCUT2D eigenvalue weighted by Gasteiger charge is 2.10. The summed E-state index contributed by atoms with van der Waals surface area (Å²) < 4.78 is 0. The number of pyridine rings is 1. The van der Waals surface area contributed by atoms with E-state index in [4.69, 9.17) is 0 Å². The van der Waals surface area contributed by atoms with Crippen LogP contribution in [0.2, 0.25) is 0 Å². The van der Waals surface area contributed by atoms with Gasteiger partial charge in [-0.15, -0.1) is 11.3 Å². The molecule has 2 rings (SSSR count). The zero-order valence-electron chi connectivity index (χ0n) is 9.03. The third-order valence-corrected chi connectivity index (χ3v) is 3.10. The molecule has 1 atom stereocenters. The molecule has 2 aromatic rings. The van der Waals surface area contributed by atoms with Gasteiger partial charge in [-0.25, -0.2) is 9.97 Å². The Morgan fingerprint density at radius 2 is 2.29 bits per heavy atom. The van der Waals surface area contributed by atoms with Gasteiger partial charge in [-0.2, -0.15) is 0 Å². The molecule has 0 fully saturated rings. The molecule has 1 N–H and O–H groups in total. The van der Waals surface area contributed by atoms with Crippen molar-refractivity contribution < 1.29 is 4.92 Å². The van der Waals surface area contributed by atoms with Crippen LogP contribution >= 0.6 is 11.3 Å². The molecule has 6 nitrogen and oxygen atoms in total. The molecule has 0 spiro atoms. The first-order valence-corrected chi connectivity index (χ1v) is 5.81. The summed E-state index contributed by atoms with van der Waals surface area (Å²) in [5, 5.41) is 16.4. The lowest BCUT2D eigenvalue weighted by atomic mass is 10.3. The van der Waals surface area contributed by atoms with Gasteiger partial charge in [-0.05, 0) is 13.0 Å². The number of hydrogen-bond donors (Lipinski definition) is 1. The maximum Gasteiger partial charge on any atom is 0.287 e. The van der Waals surface area contributed by atoms with Crippen LogP contribution in [0.25, 0.3) is 0 Å². The van der Waals surface area contributed by atoms with Gasteiger partial charge < -0.3 is 5.32 Å². The van der Waals surface area contributed by atoms with Gasteiger partial charge in [-0.1, -0.05) is 0 Å². The SMILES string of the molecule is CC(Nc1ccc([N+](=O)[O-])cn1)c1nccs1. The van der Waals surface area contributed by atoms with Crippen molar-refractivity contribution in [2.45, 2.75) is 13.0 Å². The second-order valence-electron chi connectivity index (χ2n) is 3.40. The number of nitrogens with zero attached hydrogens (tertiary/aromatic N) is 3. The van der Waals surface area contributed by atoms with Crippen molar-refractivity contribution in [2.75, 3.05) is 5.32 Å². The lowest BCUT2D eigenvalue weighted by Gasteiger charge is -2.11. The predicted octanol–water partition coefficient (Wildman–Crippen LogP) is 2.62. The summed E-state index contributed by atoms with van der Waals surface area (Å²) in [5.41, 5.74) is -0.0162. The summed E-state index contributed by atoms with van der Waals surface area (Å²) in [7, 11) is 0. The Labute approximate surface area is 102 Å². The van der Waals surface area contributed by atoms with Crippen molar-refractivity contribution in [3.05, 3.63) is 45.0 Å². The van der Waals surface area contributed by atoms with Gasteiger partial charge in [0, 0.05) is 17.6 Å². The van der Waals surface area contributed by atoms with E-state index in [0.29, 0.717) is 5.82 Å². The Kier molecular flexibility index (Phi) is 3.29. The van der Waals surface area contributed by atoms with Gasteiger partial charge in [0.25, 0.3) is 5.69 Å². The van der Waals surface area contributed by atoms with Crippen molar-refractivity contribution in [2.24, 2.45) is 0 Å². The number of nitro groups is 1. The van der Waals surface area contributed by atoms with E-state index in [1.165, 1.54) is 12.3 Å². The highest BCUT2D eigenvalue weighted by atomic mass is 32.1. The Morgan fingerprint density at radius 1 is 1.47 bits per heavy atom. The first kappa shape index (κ1) is 11.5. The minimum Gasteiger partial charge on any atom is -0.361 e. The van der Waals surface area contributed by atoms with Crippen LogP contribution in [0.15, 0.2) is 29.9 Å². The van der Waals surface area contributed by atoms with Crippen LogP contribution in [0.3, 0.4) is 0 Å². The fourth-order valence-electron chi connectivity index (χ4n) is 1.31. The maximum atomic E-state index is 10.5. The average molecular weight is 250 g/mol. The molecule has 2 aromatic heterocycles. The van der Waals surface area contributed by atoms with Crippen molar-refractivity contribution in [1.29, 1.82) is 0 Å². The van der Waals surface area contributed by atoms with Crippen LogP contribution in [0.4, 0.5) is 11.5 Å². The molecular formula is C10H10N4O2S. The quantitative estimate of drug-likeness (QED) is 0.666. The second-order valence-corrected chi connectivity index (χ2v) is 4.32. The van der Waals surface area contributed by atoms with E-state index < -0.39 is 4.92 Å². The monoisotopic (exact) mass is 250 g/mol. The van der Waals surface area contributed by atoms with Crippen molar-refractivity contribution >= 4 is 22.8 Å². The first-order valence-electron chi connectivity index (χ1n) is 4.93. The van der Waals surface area contributed by atoms with Crippen LogP contribution in [0, 0.1) is 10.1 Å². The van der Waals surface area contributed by atoms with Gasteiger partial charge in [0.2, 0.25) is 0 Å². The van der Waals surface area contributed by atoms with Crippen LogP contribution < -0.4 is 5.32 Å². The van der Waals surface area contributed by atoms with E-state index in [2.05, 4.69) is 15.3 Å². The Balaban J connectivity index is 2.06. The summed E-state index contributed by atoms with van der Waals surface area (Å²) in [4.78, 5) is 18.1.